The van der Waals surface area contributed by atoms with Crippen molar-refractivity contribution in [2.75, 3.05) is 0 Å². The highest BCUT2D eigenvalue weighted by Gasteiger charge is 2.09. The maximum Gasteiger partial charge on any atom is 0.226 e. The number of aromatic nitrogens is 4. The molecule has 4 rings (SSSR count). The maximum absolute atomic E-state index is 5.97. The lowest BCUT2D eigenvalue weighted by Crippen LogP contribution is -2.12. The molecule has 7 heteroatoms. The Labute approximate surface area is 136 Å². The Morgan fingerprint density at radius 1 is 1.13 bits per heavy atom. The van der Waals surface area contributed by atoms with Gasteiger partial charge in [-0.1, -0.05) is 34.6 Å². The molecular weight excluding hydrogens is 316 g/mol. The molecule has 2 heterocycles. The van der Waals surface area contributed by atoms with Gasteiger partial charge in [0.2, 0.25) is 5.89 Å². The van der Waals surface area contributed by atoms with E-state index >= 15 is 0 Å². The Hall–Kier alpha value is -2.86. The van der Waals surface area contributed by atoms with E-state index in [1.807, 2.05) is 36.4 Å². The quantitative estimate of drug-likeness (QED) is 0.575. The van der Waals surface area contributed by atoms with E-state index in [0.29, 0.717) is 16.6 Å². The van der Waals surface area contributed by atoms with Crippen LogP contribution in [-0.2, 0) is 6.61 Å². The van der Waals surface area contributed by atoms with Crippen molar-refractivity contribution in [1.29, 1.82) is 0 Å². The third-order valence-corrected chi connectivity index (χ3v) is 3.51. The molecule has 2 aromatic heterocycles. The number of fused-ring (bicyclic) bond motifs is 1. The van der Waals surface area contributed by atoms with E-state index in [-0.39, 0.29) is 6.61 Å². The summed E-state index contributed by atoms with van der Waals surface area (Å²) in [5, 5.41) is 8.61. The van der Waals surface area contributed by atoms with Gasteiger partial charge in [-0.15, -0.1) is 5.10 Å². The van der Waals surface area contributed by atoms with Gasteiger partial charge < -0.3 is 9.25 Å². The van der Waals surface area contributed by atoms with Crippen molar-refractivity contribution < 1.29 is 9.25 Å². The minimum atomic E-state index is 0.220. The highest BCUT2D eigenvalue weighted by molar-refractivity contribution is 6.30. The molecule has 0 N–H and O–H groups in total. The number of halogens is 1. The number of rotatable bonds is 4. The molecule has 0 saturated carbocycles. The molecule has 0 amide bonds. The van der Waals surface area contributed by atoms with Crippen LogP contribution in [0.1, 0.15) is 5.69 Å². The molecule has 23 heavy (non-hydrogen) atoms. The van der Waals surface area contributed by atoms with Gasteiger partial charge in [-0.05, 0) is 35.5 Å². The zero-order valence-electron chi connectivity index (χ0n) is 11.9. The van der Waals surface area contributed by atoms with E-state index in [9.17, 15) is 0 Å². The van der Waals surface area contributed by atoms with Crippen LogP contribution in [0.2, 0.25) is 5.02 Å². The van der Waals surface area contributed by atoms with Crippen LogP contribution in [0.15, 0.2) is 59.2 Å². The van der Waals surface area contributed by atoms with Gasteiger partial charge in [-0.25, -0.2) is 4.98 Å². The van der Waals surface area contributed by atoms with Gasteiger partial charge in [-0.2, -0.15) is 0 Å². The van der Waals surface area contributed by atoms with Crippen LogP contribution >= 0.6 is 11.6 Å². The first-order valence-electron chi connectivity index (χ1n) is 6.94. The lowest BCUT2D eigenvalue weighted by atomic mass is 10.2. The zero-order chi connectivity index (χ0) is 15.6. The average Bonchev–Trinajstić information content (AvgIpc) is 3.20. The first-order valence-corrected chi connectivity index (χ1v) is 7.31. The predicted molar refractivity (Wildman–Crippen MR) is 84.8 cm³/mol. The Morgan fingerprint density at radius 3 is 2.96 bits per heavy atom. The summed E-state index contributed by atoms with van der Waals surface area (Å²) in [6, 6.07) is 14.9. The van der Waals surface area contributed by atoms with Gasteiger partial charge in [-0.3, -0.25) is 0 Å². The summed E-state index contributed by atoms with van der Waals surface area (Å²) >= 11 is 5.97. The molecule has 114 valence electrons. The standard InChI is InChI=1S/C16H11ClN4O2/c17-12-5-3-4-11(8-12)16-18-13(9-22-16)10-23-21-15-7-2-1-6-14(15)19-20-21/h1-9H,10H2. The van der Waals surface area contributed by atoms with Crippen molar-refractivity contribution in [2.45, 2.75) is 6.61 Å². The summed E-state index contributed by atoms with van der Waals surface area (Å²) < 4.78 is 5.47. The first kappa shape index (κ1) is 13.8. The Balaban J connectivity index is 1.52. The van der Waals surface area contributed by atoms with Crippen LogP contribution in [0.3, 0.4) is 0 Å². The van der Waals surface area contributed by atoms with Crippen LogP contribution in [0, 0.1) is 0 Å². The van der Waals surface area contributed by atoms with Gasteiger partial charge in [0.1, 0.15) is 23.0 Å². The summed E-state index contributed by atoms with van der Waals surface area (Å²) in [4.78, 5) is 11.4. The second kappa shape index (κ2) is 5.73. The van der Waals surface area contributed by atoms with Crippen molar-refractivity contribution in [3.8, 4) is 11.5 Å². The summed E-state index contributed by atoms with van der Waals surface area (Å²) in [5.74, 6) is 0.495. The largest absolute Gasteiger partial charge is 0.444 e. The molecule has 0 unspecified atom stereocenters. The second-order valence-corrected chi connectivity index (χ2v) is 5.32. The van der Waals surface area contributed by atoms with Gasteiger partial charge in [0, 0.05) is 10.6 Å². The molecule has 4 aromatic rings. The van der Waals surface area contributed by atoms with Gasteiger partial charge in [0.25, 0.3) is 0 Å². The smallest absolute Gasteiger partial charge is 0.226 e. The minimum Gasteiger partial charge on any atom is -0.444 e. The number of nitrogens with zero attached hydrogens (tertiary/aromatic N) is 4. The monoisotopic (exact) mass is 326 g/mol. The molecular formula is C16H11ClN4O2. The molecule has 0 spiro atoms. The van der Waals surface area contributed by atoms with Gasteiger partial charge in [0.05, 0.1) is 0 Å². The third-order valence-electron chi connectivity index (χ3n) is 3.28. The van der Waals surface area contributed by atoms with Crippen molar-refractivity contribution in [3.63, 3.8) is 0 Å². The van der Waals surface area contributed by atoms with E-state index in [4.69, 9.17) is 20.9 Å². The Kier molecular flexibility index (Phi) is 3.44. The van der Waals surface area contributed by atoms with Crippen molar-refractivity contribution in [2.24, 2.45) is 0 Å². The van der Waals surface area contributed by atoms with Crippen molar-refractivity contribution in [3.05, 3.63) is 65.5 Å². The number of hydrogen-bond donors (Lipinski definition) is 0. The third kappa shape index (κ3) is 2.76. The van der Waals surface area contributed by atoms with E-state index in [1.165, 1.54) is 4.85 Å². The van der Waals surface area contributed by atoms with Crippen molar-refractivity contribution in [1.82, 2.24) is 20.1 Å². The van der Waals surface area contributed by atoms with Gasteiger partial charge >= 0.3 is 0 Å². The molecule has 0 radical (unpaired) electrons. The number of para-hydroxylation sites is 1. The number of benzene rings is 2. The molecule has 6 nitrogen and oxygen atoms in total. The number of hydrogen-bond acceptors (Lipinski definition) is 5. The van der Waals surface area contributed by atoms with E-state index in [0.717, 1.165) is 16.6 Å². The van der Waals surface area contributed by atoms with E-state index < -0.39 is 0 Å². The van der Waals surface area contributed by atoms with Gasteiger partial charge in [0.15, 0.2) is 6.61 Å². The Bertz CT molecular complexity index is 963. The molecule has 0 aliphatic carbocycles. The van der Waals surface area contributed by atoms with Crippen LogP contribution in [0.5, 0.6) is 0 Å². The summed E-state index contributed by atoms with van der Waals surface area (Å²) in [6.07, 6.45) is 1.55. The van der Waals surface area contributed by atoms with E-state index in [2.05, 4.69) is 15.3 Å². The fourth-order valence-electron chi connectivity index (χ4n) is 2.20. The SMILES string of the molecule is Clc1cccc(-c2nc(COn3nnc4ccccc43)co2)c1. The van der Waals surface area contributed by atoms with Crippen LogP contribution in [0.4, 0.5) is 0 Å². The van der Waals surface area contributed by atoms with E-state index in [1.54, 1.807) is 18.4 Å². The second-order valence-electron chi connectivity index (χ2n) is 4.88. The minimum absolute atomic E-state index is 0.220. The highest BCUT2D eigenvalue weighted by atomic mass is 35.5. The zero-order valence-corrected chi connectivity index (χ0v) is 12.6. The average molecular weight is 327 g/mol. The maximum atomic E-state index is 5.97. The molecule has 0 atom stereocenters. The first-order chi connectivity index (χ1) is 11.3. The number of oxazole rings is 1. The summed E-state index contributed by atoms with van der Waals surface area (Å²) in [6.45, 7) is 0.220. The van der Waals surface area contributed by atoms with Crippen LogP contribution in [0.25, 0.3) is 22.5 Å². The molecule has 2 aromatic carbocycles. The lowest BCUT2D eigenvalue weighted by molar-refractivity contribution is 0.0731. The molecule has 0 saturated heterocycles. The normalized spacial score (nSPS) is 11.0. The molecule has 0 aliphatic heterocycles. The van der Waals surface area contributed by atoms with Crippen LogP contribution in [-0.4, -0.2) is 20.1 Å². The predicted octanol–water partition coefficient (Wildman–Crippen LogP) is 3.37. The summed E-state index contributed by atoms with van der Waals surface area (Å²) in [7, 11) is 0. The lowest BCUT2D eigenvalue weighted by Gasteiger charge is -2.02. The van der Waals surface area contributed by atoms with Crippen molar-refractivity contribution >= 4 is 22.6 Å². The molecule has 0 aliphatic rings. The molecule has 0 bridgehead atoms. The highest BCUT2D eigenvalue weighted by Crippen LogP contribution is 2.22. The fourth-order valence-corrected chi connectivity index (χ4v) is 2.39. The van der Waals surface area contributed by atoms with Crippen LogP contribution < -0.4 is 4.84 Å². The Morgan fingerprint density at radius 2 is 2.04 bits per heavy atom. The topological polar surface area (TPSA) is 66.0 Å². The fraction of sp³-hybridized carbons (Fsp3) is 0.0625. The molecule has 0 fully saturated rings. The summed E-state index contributed by atoms with van der Waals surface area (Å²) in [5.41, 5.74) is 3.04.